The van der Waals surface area contributed by atoms with Gasteiger partial charge in [0.2, 0.25) is 10.0 Å². The van der Waals surface area contributed by atoms with E-state index in [1.165, 1.54) is 36.6 Å². The van der Waals surface area contributed by atoms with Gasteiger partial charge in [0.05, 0.1) is 15.5 Å². The first kappa shape index (κ1) is 25.4. The molecular formula is C27H29N5O3S2. The standard InChI is InChI=1S/C27H29N5O3S2/c1-19-9-8-14-31(17-19)27-28-26(33)24(36-27)16-21-18-32(22-11-5-4-6-12-22)29-25(21)20-10-7-13-23(15-20)37(34,35)30(2)3/h4-7,10-13,15-16,18-19H,8-9,14,17H2,1-3H3. The van der Waals surface area contributed by atoms with E-state index in [1.807, 2.05) is 48.7 Å². The molecule has 0 bridgehead atoms. The number of sulfonamides is 1. The van der Waals surface area contributed by atoms with Gasteiger partial charge in [-0.05, 0) is 60.9 Å². The Morgan fingerprint density at radius 3 is 2.62 bits per heavy atom. The van der Waals surface area contributed by atoms with E-state index in [-0.39, 0.29) is 10.8 Å². The maximum absolute atomic E-state index is 12.9. The van der Waals surface area contributed by atoms with Crippen LogP contribution in [0.5, 0.6) is 0 Å². The Morgan fingerprint density at radius 2 is 1.89 bits per heavy atom. The third kappa shape index (κ3) is 5.27. The molecule has 37 heavy (non-hydrogen) atoms. The van der Waals surface area contributed by atoms with E-state index < -0.39 is 10.0 Å². The second-order valence-corrected chi connectivity index (χ2v) is 12.7. The van der Waals surface area contributed by atoms with Crippen LogP contribution < -0.4 is 0 Å². The fourth-order valence-electron chi connectivity index (χ4n) is 4.48. The first-order chi connectivity index (χ1) is 17.7. The molecule has 0 saturated carbocycles. The maximum atomic E-state index is 12.9. The van der Waals surface area contributed by atoms with Gasteiger partial charge >= 0.3 is 0 Å². The first-order valence-electron chi connectivity index (χ1n) is 12.2. The third-order valence-corrected chi connectivity index (χ3v) is 9.33. The van der Waals surface area contributed by atoms with E-state index in [4.69, 9.17) is 5.10 Å². The molecule has 1 unspecified atom stereocenters. The van der Waals surface area contributed by atoms with Crippen molar-refractivity contribution in [3.63, 3.8) is 0 Å². The number of carbonyl (C=O) groups is 1. The minimum absolute atomic E-state index is 0.180. The number of nitrogens with zero attached hydrogens (tertiary/aromatic N) is 5. The van der Waals surface area contributed by atoms with Crippen molar-refractivity contribution >= 4 is 38.9 Å². The Morgan fingerprint density at radius 1 is 1.11 bits per heavy atom. The zero-order valence-electron chi connectivity index (χ0n) is 21.0. The molecule has 0 radical (unpaired) electrons. The Labute approximate surface area is 221 Å². The number of aromatic nitrogens is 2. The Kier molecular flexibility index (Phi) is 7.06. The van der Waals surface area contributed by atoms with Gasteiger partial charge in [-0.25, -0.2) is 17.4 Å². The van der Waals surface area contributed by atoms with Gasteiger partial charge in [0.15, 0.2) is 5.17 Å². The summed E-state index contributed by atoms with van der Waals surface area (Å²) in [5, 5.41) is 5.55. The zero-order valence-corrected chi connectivity index (χ0v) is 22.7. The van der Waals surface area contributed by atoms with Crippen LogP contribution in [-0.4, -0.2) is 65.7 Å². The lowest BCUT2D eigenvalue weighted by Gasteiger charge is -2.31. The number of hydrogen-bond acceptors (Lipinski definition) is 6. The number of piperidine rings is 1. The molecule has 0 aliphatic carbocycles. The van der Waals surface area contributed by atoms with E-state index in [0.29, 0.717) is 27.6 Å². The predicted octanol–water partition coefficient (Wildman–Crippen LogP) is 4.49. The van der Waals surface area contributed by atoms with Crippen LogP contribution in [0.2, 0.25) is 0 Å². The molecule has 2 aromatic carbocycles. The molecule has 1 amide bonds. The van der Waals surface area contributed by atoms with Gasteiger partial charge in [0.1, 0.15) is 5.69 Å². The first-order valence-corrected chi connectivity index (χ1v) is 14.4. The molecule has 1 atom stereocenters. The topological polar surface area (TPSA) is 87.9 Å². The molecule has 10 heteroatoms. The molecule has 192 valence electrons. The monoisotopic (exact) mass is 535 g/mol. The van der Waals surface area contributed by atoms with E-state index in [2.05, 4.69) is 16.8 Å². The number of likely N-dealkylation sites (tertiary alicyclic amines) is 1. The Hall–Kier alpha value is -3.21. The fraction of sp³-hybridized carbons (Fsp3) is 0.296. The number of hydrogen-bond donors (Lipinski definition) is 0. The van der Waals surface area contributed by atoms with Crippen LogP contribution in [0.25, 0.3) is 23.0 Å². The van der Waals surface area contributed by atoms with Gasteiger partial charge < -0.3 is 4.90 Å². The van der Waals surface area contributed by atoms with Crippen molar-refractivity contribution in [1.29, 1.82) is 0 Å². The van der Waals surface area contributed by atoms with E-state index in [9.17, 15) is 13.2 Å². The van der Waals surface area contributed by atoms with E-state index in [0.717, 1.165) is 30.4 Å². The largest absolute Gasteiger partial charge is 0.351 e. The van der Waals surface area contributed by atoms with Crippen molar-refractivity contribution in [1.82, 2.24) is 19.0 Å². The molecule has 3 heterocycles. The second-order valence-electron chi connectivity index (χ2n) is 9.53. The summed E-state index contributed by atoms with van der Waals surface area (Å²) >= 11 is 1.39. The predicted molar refractivity (Wildman–Crippen MR) is 148 cm³/mol. The third-order valence-electron chi connectivity index (χ3n) is 6.47. The lowest BCUT2D eigenvalue weighted by molar-refractivity contribution is -0.113. The van der Waals surface area contributed by atoms with Gasteiger partial charge in [-0.3, -0.25) is 4.79 Å². The summed E-state index contributed by atoms with van der Waals surface area (Å²) < 4.78 is 28.5. The number of carbonyl (C=O) groups excluding carboxylic acids is 1. The molecule has 0 spiro atoms. The number of thioether (sulfide) groups is 1. The van der Waals surface area contributed by atoms with Crippen LogP contribution in [0.3, 0.4) is 0 Å². The van der Waals surface area contributed by atoms with Crippen LogP contribution in [0.1, 0.15) is 25.3 Å². The van der Waals surface area contributed by atoms with Crippen LogP contribution >= 0.6 is 11.8 Å². The van der Waals surface area contributed by atoms with Crippen molar-refractivity contribution in [3.05, 3.63) is 71.3 Å². The summed E-state index contributed by atoms with van der Waals surface area (Å²) in [4.78, 5) is 20.1. The summed E-state index contributed by atoms with van der Waals surface area (Å²) in [6, 6.07) is 16.4. The number of amidine groups is 1. The van der Waals surface area contributed by atoms with Gasteiger partial charge in [-0.1, -0.05) is 37.3 Å². The van der Waals surface area contributed by atoms with Gasteiger partial charge in [0, 0.05) is 44.5 Å². The summed E-state index contributed by atoms with van der Waals surface area (Å²) in [7, 11) is -0.609. The molecule has 1 aromatic heterocycles. The SMILES string of the molecule is CC1CCCN(C2=NC(=O)C(=Cc3cn(-c4ccccc4)nc3-c3cccc(S(=O)(=O)N(C)C)c3)S2)C1. The fourth-order valence-corrected chi connectivity index (χ4v) is 6.37. The van der Waals surface area contributed by atoms with Crippen molar-refractivity contribution in [2.75, 3.05) is 27.2 Å². The number of aliphatic imine (C=N–C) groups is 1. The molecule has 8 nitrogen and oxygen atoms in total. The molecule has 1 fully saturated rings. The Bertz CT molecular complexity index is 1490. The Balaban J connectivity index is 1.55. The highest BCUT2D eigenvalue weighted by atomic mass is 32.2. The molecule has 5 rings (SSSR count). The second kappa shape index (κ2) is 10.3. The molecule has 1 saturated heterocycles. The van der Waals surface area contributed by atoms with E-state index >= 15 is 0 Å². The normalized spacial score (nSPS) is 19.6. The summed E-state index contributed by atoms with van der Waals surface area (Å²) in [5.41, 5.74) is 2.80. The molecule has 2 aliphatic rings. The van der Waals surface area contributed by atoms with Gasteiger partial charge in [-0.15, -0.1) is 0 Å². The van der Waals surface area contributed by atoms with Crippen LogP contribution in [0, 0.1) is 5.92 Å². The average molecular weight is 536 g/mol. The van der Waals surface area contributed by atoms with Crippen molar-refractivity contribution in [2.45, 2.75) is 24.7 Å². The zero-order chi connectivity index (χ0) is 26.2. The number of rotatable bonds is 5. The minimum Gasteiger partial charge on any atom is -0.351 e. The number of benzene rings is 2. The lowest BCUT2D eigenvalue weighted by Crippen LogP contribution is -2.37. The number of para-hydroxylation sites is 1. The lowest BCUT2D eigenvalue weighted by atomic mass is 10.0. The summed E-state index contributed by atoms with van der Waals surface area (Å²) in [6.07, 6.45) is 5.95. The average Bonchev–Trinajstić information content (AvgIpc) is 3.48. The molecule has 0 N–H and O–H groups in total. The van der Waals surface area contributed by atoms with Crippen LogP contribution in [0.15, 0.2) is 75.6 Å². The van der Waals surface area contributed by atoms with Crippen LogP contribution in [0.4, 0.5) is 0 Å². The van der Waals surface area contributed by atoms with Crippen molar-refractivity contribution in [3.8, 4) is 16.9 Å². The molecular weight excluding hydrogens is 506 g/mol. The van der Waals surface area contributed by atoms with Crippen molar-refractivity contribution in [2.24, 2.45) is 10.9 Å². The molecule has 3 aromatic rings. The quantitative estimate of drug-likeness (QED) is 0.448. The van der Waals surface area contributed by atoms with E-state index in [1.54, 1.807) is 22.9 Å². The van der Waals surface area contributed by atoms with Gasteiger partial charge in [0.25, 0.3) is 5.91 Å². The highest BCUT2D eigenvalue weighted by Crippen LogP contribution is 2.35. The van der Waals surface area contributed by atoms with Gasteiger partial charge in [-0.2, -0.15) is 10.1 Å². The highest BCUT2D eigenvalue weighted by molar-refractivity contribution is 8.18. The van der Waals surface area contributed by atoms with Crippen molar-refractivity contribution < 1.29 is 13.2 Å². The maximum Gasteiger partial charge on any atom is 0.286 e. The molecule has 2 aliphatic heterocycles. The minimum atomic E-state index is -3.62. The smallest absolute Gasteiger partial charge is 0.286 e. The summed E-state index contributed by atoms with van der Waals surface area (Å²) in [6.45, 7) is 4.03. The highest BCUT2D eigenvalue weighted by Gasteiger charge is 2.29. The number of amides is 1. The van der Waals surface area contributed by atoms with Crippen LogP contribution in [-0.2, 0) is 14.8 Å². The summed E-state index contributed by atoms with van der Waals surface area (Å²) in [5.74, 6) is 0.308.